The fourth-order valence-electron chi connectivity index (χ4n) is 5.54. The van der Waals surface area contributed by atoms with Gasteiger partial charge in [-0.1, -0.05) is 161 Å². The zero-order valence-electron chi connectivity index (χ0n) is 27.9. The largest absolute Gasteiger partial charge is 0.466 e. The van der Waals surface area contributed by atoms with Gasteiger partial charge in [-0.05, 0) is 42.7 Å². The molecule has 3 rings (SSSR count). The molecule has 0 unspecified atom stereocenters. The first-order chi connectivity index (χ1) is 23.2. The number of esters is 1. The first-order valence-electron chi connectivity index (χ1n) is 17.2. The Labute approximate surface area is 293 Å². The van der Waals surface area contributed by atoms with Gasteiger partial charge >= 0.3 is 21.3 Å². The van der Waals surface area contributed by atoms with E-state index in [0.717, 1.165) is 31.6 Å². The third kappa shape index (κ3) is 12.8. The topological polar surface area (TPSA) is 69.7 Å². The standard InChI is InChI=1S/C38H51ClF2O5S2/c39-31-23-12-10-8-6-4-2-1-3-5-7-9-11-13-24-32-45-37(42)38(40,41)48(43,44)46-47(35-27-19-15-20-28-35,36-29-21-16-22-30-36)33-34-25-17-14-18-26-34/h14-22,25-30H,1-13,23-24,31-33H2. The lowest BCUT2D eigenvalue weighted by molar-refractivity contribution is -0.161. The molecule has 0 fully saturated rings. The van der Waals surface area contributed by atoms with Crippen LogP contribution in [0.2, 0.25) is 0 Å². The van der Waals surface area contributed by atoms with Crippen LogP contribution in [0.3, 0.4) is 0 Å². The molecule has 0 saturated carbocycles. The van der Waals surface area contributed by atoms with Crippen molar-refractivity contribution < 1.29 is 30.4 Å². The summed E-state index contributed by atoms with van der Waals surface area (Å²) in [6, 6.07) is 25.9. The van der Waals surface area contributed by atoms with Gasteiger partial charge in [0.05, 0.1) is 6.61 Å². The van der Waals surface area contributed by atoms with Crippen molar-refractivity contribution in [1.29, 1.82) is 0 Å². The van der Waals surface area contributed by atoms with E-state index < -0.39 is 31.7 Å². The van der Waals surface area contributed by atoms with Crippen LogP contribution in [-0.2, 0) is 29.0 Å². The van der Waals surface area contributed by atoms with Gasteiger partial charge in [-0.3, -0.25) is 0 Å². The minimum Gasteiger partial charge on any atom is -0.460 e. The Kier molecular flexibility index (Phi) is 18.0. The van der Waals surface area contributed by atoms with E-state index in [1.54, 1.807) is 84.9 Å². The second kappa shape index (κ2) is 21.6. The molecule has 0 aliphatic carbocycles. The maximum absolute atomic E-state index is 15.4. The van der Waals surface area contributed by atoms with Gasteiger partial charge in [0.25, 0.3) is 0 Å². The fraction of sp³-hybridized carbons (Fsp3) is 0.500. The lowest BCUT2D eigenvalue weighted by Crippen LogP contribution is -2.41. The van der Waals surface area contributed by atoms with Gasteiger partial charge in [0.2, 0.25) is 0 Å². The summed E-state index contributed by atoms with van der Waals surface area (Å²) < 4.78 is 68.0. The van der Waals surface area contributed by atoms with Crippen molar-refractivity contribution in [3.63, 3.8) is 0 Å². The van der Waals surface area contributed by atoms with Gasteiger partial charge in [-0.25, -0.2) is 8.42 Å². The molecule has 5 nitrogen and oxygen atoms in total. The lowest BCUT2D eigenvalue weighted by Gasteiger charge is -2.39. The predicted molar refractivity (Wildman–Crippen MR) is 193 cm³/mol. The van der Waals surface area contributed by atoms with Crippen molar-refractivity contribution in [3.05, 3.63) is 96.6 Å². The van der Waals surface area contributed by atoms with Crippen molar-refractivity contribution in [3.8, 4) is 0 Å². The molecule has 48 heavy (non-hydrogen) atoms. The zero-order chi connectivity index (χ0) is 34.6. The molecule has 0 bridgehead atoms. The Balaban J connectivity index is 1.49. The second-order valence-electron chi connectivity index (χ2n) is 12.1. The van der Waals surface area contributed by atoms with Crippen LogP contribution in [0.15, 0.2) is 101 Å². The van der Waals surface area contributed by atoms with E-state index in [4.69, 9.17) is 20.0 Å². The maximum Gasteiger partial charge on any atom is 0.466 e. The second-order valence-corrected chi connectivity index (χ2v) is 17.0. The summed E-state index contributed by atoms with van der Waals surface area (Å²) in [5.41, 5.74) is 0.696. The third-order valence-electron chi connectivity index (χ3n) is 8.23. The zero-order valence-corrected chi connectivity index (χ0v) is 30.3. The molecule has 0 saturated heterocycles. The Bertz CT molecular complexity index is 1370. The van der Waals surface area contributed by atoms with Crippen LogP contribution in [0.4, 0.5) is 8.78 Å². The molecular formula is C38H51ClF2O5S2. The number of hydrogen-bond acceptors (Lipinski definition) is 5. The van der Waals surface area contributed by atoms with Crippen molar-refractivity contribution in [2.75, 3.05) is 12.5 Å². The van der Waals surface area contributed by atoms with E-state index in [1.807, 2.05) is 6.07 Å². The number of alkyl halides is 3. The van der Waals surface area contributed by atoms with E-state index in [-0.39, 0.29) is 12.4 Å². The summed E-state index contributed by atoms with van der Waals surface area (Å²) in [5, 5.41) is -4.89. The smallest absolute Gasteiger partial charge is 0.460 e. The Morgan fingerprint density at radius 3 is 1.38 bits per heavy atom. The average molecular weight is 725 g/mol. The number of unbranched alkanes of at least 4 members (excludes halogenated alkanes) is 14. The lowest BCUT2D eigenvalue weighted by atomic mass is 10.0. The van der Waals surface area contributed by atoms with Gasteiger partial charge in [0.15, 0.2) is 0 Å². The van der Waals surface area contributed by atoms with Crippen molar-refractivity contribution in [2.45, 2.75) is 117 Å². The summed E-state index contributed by atoms with van der Waals surface area (Å²) in [6.07, 6.45) is 16.6. The summed E-state index contributed by atoms with van der Waals surface area (Å²) in [4.78, 5) is 13.4. The fourth-order valence-corrected chi connectivity index (χ4v) is 10.8. The predicted octanol–water partition coefficient (Wildman–Crippen LogP) is 11.6. The van der Waals surface area contributed by atoms with Gasteiger partial charge in [0.1, 0.15) is 0 Å². The highest BCUT2D eigenvalue weighted by molar-refractivity contribution is 8.32. The van der Waals surface area contributed by atoms with Crippen molar-refractivity contribution >= 4 is 38.0 Å². The number of halogens is 3. The van der Waals surface area contributed by atoms with Crippen LogP contribution in [-0.4, -0.2) is 32.1 Å². The number of carbonyl (C=O) groups excluding carboxylic acids is 1. The molecule has 0 spiro atoms. The quantitative estimate of drug-likeness (QED) is 0.0494. The van der Waals surface area contributed by atoms with Crippen LogP contribution in [0.5, 0.6) is 0 Å². The number of benzene rings is 3. The average Bonchev–Trinajstić information content (AvgIpc) is 3.10. The van der Waals surface area contributed by atoms with Crippen LogP contribution in [0, 0.1) is 0 Å². The summed E-state index contributed by atoms with van der Waals surface area (Å²) in [7, 11) is -8.89. The van der Waals surface area contributed by atoms with E-state index in [2.05, 4.69) is 0 Å². The van der Waals surface area contributed by atoms with Crippen LogP contribution >= 0.6 is 21.9 Å². The molecule has 10 heteroatoms. The third-order valence-corrected chi connectivity index (χ3v) is 13.7. The van der Waals surface area contributed by atoms with E-state index in [1.165, 1.54) is 57.8 Å². The molecule has 0 aliphatic rings. The number of rotatable bonds is 25. The molecule has 0 heterocycles. The van der Waals surface area contributed by atoms with Gasteiger partial charge in [-0.2, -0.15) is 17.2 Å². The summed E-state index contributed by atoms with van der Waals surface area (Å²) in [6.45, 7) is -0.283. The normalized spacial score (nSPS) is 12.6. The molecule has 0 aromatic heterocycles. The minimum atomic E-state index is -5.78. The molecule has 3 aromatic rings. The van der Waals surface area contributed by atoms with Crippen LogP contribution < -0.4 is 0 Å². The highest BCUT2D eigenvalue weighted by atomic mass is 35.5. The van der Waals surface area contributed by atoms with Gasteiger partial charge in [-0.15, -0.1) is 11.6 Å². The Hall–Kier alpha value is -2.46. The van der Waals surface area contributed by atoms with Gasteiger partial charge < -0.3 is 4.74 Å². The van der Waals surface area contributed by atoms with Crippen molar-refractivity contribution in [2.24, 2.45) is 0 Å². The Morgan fingerprint density at radius 2 is 0.958 bits per heavy atom. The summed E-state index contributed by atoms with van der Waals surface area (Å²) in [5.74, 6) is -1.35. The minimum absolute atomic E-state index is 0.00200. The van der Waals surface area contributed by atoms with Crippen molar-refractivity contribution in [1.82, 2.24) is 0 Å². The molecule has 0 aliphatic heterocycles. The number of carbonyl (C=O) groups is 1. The Morgan fingerprint density at radius 1 is 0.583 bits per heavy atom. The SMILES string of the molecule is O=C(OCCCCCCCCCCCCCCCCCCl)C(F)(F)S(=O)(=O)OS(Cc1ccccc1)(c1ccccc1)c1ccccc1. The number of hydrogen-bond donors (Lipinski definition) is 0. The monoisotopic (exact) mass is 724 g/mol. The molecule has 0 radical (unpaired) electrons. The van der Waals surface area contributed by atoms with Crippen LogP contribution in [0.25, 0.3) is 0 Å². The maximum atomic E-state index is 15.4. The molecule has 0 atom stereocenters. The highest BCUT2D eigenvalue weighted by Gasteiger charge is 2.58. The molecule has 0 N–H and O–H groups in total. The van der Waals surface area contributed by atoms with Gasteiger partial charge in [0, 0.05) is 21.4 Å². The number of ether oxygens (including phenoxy) is 1. The molecular weight excluding hydrogens is 674 g/mol. The highest BCUT2D eigenvalue weighted by Crippen LogP contribution is 2.67. The molecule has 0 amide bonds. The first-order valence-corrected chi connectivity index (χ1v) is 20.9. The first kappa shape index (κ1) is 40.0. The molecule has 3 aromatic carbocycles. The molecule has 266 valence electrons. The van der Waals surface area contributed by atoms with E-state index >= 15 is 8.78 Å². The van der Waals surface area contributed by atoms with E-state index in [9.17, 15) is 13.2 Å². The van der Waals surface area contributed by atoms with Crippen LogP contribution in [0.1, 0.15) is 102 Å². The summed E-state index contributed by atoms with van der Waals surface area (Å²) >= 11 is 5.71. The van der Waals surface area contributed by atoms with E-state index in [0.29, 0.717) is 28.2 Å².